The van der Waals surface area contributed by atoms with Gasteiger partial charge in [0.15, 0.2) is 0 Å². The van der Waals surface area contributed by atoms with Crippen molar-refractivity contribution in [3.05, 3.63) is 0 Å². The van der Waals surface area contributed by atoms with E-state index in [9.17, 15) is 14.4 Å². The fourth-order valence-electron chi connectivity index (χ4n) is 1.42. The standard InChI is InChI=1S/C9H14N2O3S.CH3.Lu/c1-5(12)6(10-2)4-15-7-3-8(13)11-9(7)14;;/h6-7,10H,3-4H2,1-2H3,(H,11,13,14);1H3;/q;;+1/p-1. The van der Waals surface area contributed by atoms with Gasteiger partial charge in [-0.25, -0.2) is 0 Å². The molecule has 1 fully saturated rings. The third kappa shape index (κ3) is 3.91. The first kappa shape index (κ1) is 15.4. The molecule has 1 aliphatic rings. The molecule has 1 saturated heterocycles. The first-order valence-corrected chi connectivity index (χ1v) is 8.44. The van der Waals surface area contributed by atoms with Crippen molar-refractivity contribution in [2.75, 3.05) is 12.8 Å². The van der Waals surface area contributed by atoms with Crippen LogP contribution in [0.15, 0.2) is 0 Å². The van der Waals surface area contributed by atoms with E-state index < -0.39 is 0 Å². The van der Waals surface area contributed by atoms with Gasteiger partial charge in [0.2, 0.25) is 0 Å². The molecule has 2 atom stereocenters. The minimum atomic E-state index is -0.311. The Morgan fingerprint density at radius 2 is 2.29 bits per heavy atom. The number of likely N-dealkylation sites (N-methyl/N-ethyl adjacent to an activating group) is 1. The third-order valence-electron chi connectivity index (χ3n) is 2.41. The topological polar surface area (TPSA) is 66.5 Å². The van der Waals surface area contributed by atoms with E-state index in [0.717, 1.165) is 0 Å². The average molecular weight is 419 g/mol. The van der Waals surface area contributed by atoms with Crippen LogP contribution >= 0.6 is 11.8 Å². The summed E-state index contributed by atoms with van der Waals surface area (Å²) >= 11 is 1.46. The number of nitrogens with zero attached hydrogens (tertiary/aromatic N) is 1. The molecule has 105 valence electrons. The molecule has 0 radical (unpaired) electrons. The summed E-state index contributed by atoms with van der Waals surface area (Å²) in [6.07, 6.45) is 0.266. The van der Waals surface area contributed by atoms with Gasteiger partial charge in [-0.15, -0.1) is 0 Å². The molecule has 17 heavy (non-hydrogen) atoms. The number of ketones is 1. The minimum absolute atomic E-state index is 0.0481. The molecule has 5 nitrogen and oxygen atoms in total. The summed E-state index contributed by atoms with van der Waals surface area (Å²) in [5.74, 6) is 0.374. The van der Waals surface area contributed by atoms with Crippen LogP contribution in [0.3, 0.4) is 0 Å². The number of carbonyl (C=O) groups excluding carboxylic acids is 3. The van der Waals surface area contributed by atoms with Gasteiger partial charge in [0.05, 0.1) is 0 Å². The molecule has 7 heteroatoms. The molecule has 2 amide bonds. The molecule has 0 aliphatic carbocycles. The van der Waals surface area contributed by atoms with E-state index in [1.807, 2.05) is 3.14 Å². The van der Waals surface area contributed by atoms with E-state index in [0.29, 0.717) is 5.75 Å². The quantitative estimate of drug-likeness (QED) is 0.618. The van der Waals surface area contributed by atoms with Crippen molar-refractivity contribution in [2.45, 2.75) is 27.8 Å². The fourth-order valence-corrected chi connectivity index (χ4v) is 4.07. The average Bonchev–Trinajstić information content (AvgIpc) is 2.54. The van der Waals surface area contributed by atoms with Crippen LogP contribution in [-0.4, -0.2) is 43.2 Å². The molecule has 1 rings (SSSR count). The Kier molecular flexibility index (Phi) is 6.41. The van der Waals surface area contributed by atoms with Crippen LogP contribution < -0.4 is 5.32 Å². The first-order chi connectivity index (χ1) is 8.01. The predicted molar refractivity (Wildman–Crippen MR) is 62.1 cm³/mol. The van der Waals surface area contributed by atoms with Crippen LogP contribution in [0.1, 0.15) is 13.3 Å². The van der Waals surface area contributed by atoms with Gasteiger partial charge in [0, 0.05) is 0 Å². The number of Topliss-reactive ketones (excluding diaryl/α,β-unsaturated/α-hetero) is 1. The number of imide groups is 1. The van der Waals surface area contributed by atoms with Crippen molar-refractivity contribution in [2.24, 2.45) is 0 Å². The molecule has 0 aromatic heterocycles. The van der Waals surface area contributed by atoms with E-state index >= 15 is 0 Å². The molecule has 1 heterocycles. The summed E-state index contributed by atoms with van der Waals surface area (Å²) < 4.78 is 3.15. The van der Waals surface area contributed by atoms with Gasteiger partial charge in [-0.3, -0.25) is 0 Å². The Bertz CT molecular complexity index is 338. The van der Waals surface area contributed by atoms with Crippen LogP contribution in [0.4, 0.5) is 0 Å². The molecule has 0 aromatic rings. The fraction of sp³-hybridized carbons (Fsp3) is 0.700. The zero-order chi connectivity index (χ0) is 13.0. The molecular weight excluding hydrogens is 403 g/mol. The number of hydrogen-bond acceptors (Lipinski definition) is 5. The molecule has 0 spiro atoms. The summed E-state index contributed by atoms with van der Waals surface area (Å²) in [5, 5.41) is 2.59. The summed E-state index contributed by atoms with van der Waals surface area (Å²) in [4.78, 5) is 34.5. The number of amides is 2. The number of carbonyl (C=O) groups is 3. The van der Waals surface area contributed by atoms with E-state index in [1.165, 1.54) is 20.2 Å². The Labute approximate surface area is 123 Å². The summed E-state index contributed by atoms with van der Waals surface area (Å²) in [5.41, 5.74) is 0. The van der Waals surface area contributed by atoms with Crippen LogP contribution in [0, 0.1) is 33.4 Å². The molecule has 1 aliphatic heterocycles. The molecule has 2 unspecified atom stereocenters. The maximum atomic E-state index is 11.8. The SMILES string of the molecule is CNC(CSC1CC(=O)[N]([Lu][CH3])C1=O)C(C)=O. The maximum absolute atomic E-state index is 11.8. The Morgan fingerprint density at radius 1 is 1.65 bits per heavy atom. The zero-order valence-corrected chi connectivity index (χ0v) is 12.4. The van der Waals surface area contributed by atoms with E-state index in [-0.39, 0.29) is 68.7 Å². The van der Waals surface area contributed by atoms with Crippen molar-refractivity contribution < 1.29 is 47.8 Å². The number of nitrogens with one attached hydrogen (secondary N) is 1. The Morgan fingerprint density at radius 3 is 2.71 bits per heavy atom. The van der Waals surface area contributed by atoms with Crippen molar-refractivity contribution in [1.29, 1.82) is 0 Å². The van der Waals surface area contributed by atoms with Crippen LogP contribution in [0.25, 0.3) is 0 Å². The molecule has 0 bridgehead atoms. The molecular formula is C10H16LuN2O3S. The zero-order valence-electron chi connectivity index (χ0n) is 9.91. The number of thioether (sulfide) groups is 1. The molecule has 0 aromatic carbocycles. The van der Waals surface area contributed by atoms with E-state index in [1.54, 1.807) is 7.05 Å². The summed E-state index contributed by atoms with van der Waals surface area (Å²) in [6, 6.07) is -0.248. The first-order valence-electron chi connectivity index (χ1n) is 4.99. The number of hydrogen-bond donors (Lipinski definition) is 1. The van der Waals surface area contributed by atoms with E-state index in [2.05, 4.69) is 5.32 Å². The van der Waals surface area contributed by atoms with Gasteiger partial charge in [-0.1, -0.05) is 0 Å². The second kappa shape index (κ2) is 7.07. The molecule has 1 N–H and O–H groups in total. The van der Waals surface area contributed by atoms with Crippen LogP contribution in [0.5, 0.6) is 0 Å². The van der Waals surface area contributed by atoms with Crippen molar-refractivity contribution in [3.8, 4) is 0 Å². The predicted octanol–water partition coefficient (Wildman–Crippen LogP) is 0.0722. The van der Waals surface area contributed by atoms with Gasteiger partial charge in [0.1, 0.15) is 0 Å². The van der Waals surface area contributed by atoms with Crippen LogP contribution in [0.2, 0.25) is 3.14 Å². The summed E-state index contributed by atoms with van der Waals surface area (Å²) in [7, 11) is 1.72. The van der Waals surface area contributed by atoms with E-state index in [4.69, 9.17) is 0 Å². The second-order valence-electron chi connectivity index (χ2n) is 3.55. The monoisotopic (exact) mass is 419 g/mol. The Balaban J connectivity index is 2.51. The van der Waals surface area contributed by atoms with Crippen molar-refractivity contribution >= 4 is 29.4 Å². The normalized spacial score (nSPS) is 22.3. The molecule has 0 saturated carbocycles. The van der Waals surface area contributed by atoms with Crippen molar-refractivity contribution in [3.63, 3.8) is 0 Å². The van der Waals surface area contributed by atoms with Gasteiger partial charge >= 0.3 is 125 Å². The van der Waals surface area contributed by atoms with Gasteiger partial charge < -0.3 is 0 Å². The Hall–Kier alpha value is 0.354. The second-order valence-corrected chi connectivity index (χ2v) is 6.27. The summed E-state index contributed by atoms with van der Waals surface area (Å²) in [6.45, 7) is 1.52. The number of rotatable bonds is 6. The van der Waals surface area contributed by atoms with Crippen molar-refractivity contribution in [1.82, 2.24) is 6.82 Å². The van der Waals surface area contributed by atoms with Gasteiger partial charge in [-0.05, 0) is 0 Å². The van der Waals surface area contributed by atoms with Crippen LogP contribution in [-0.2, 0) is 14.4 Å². The van der Waals surface area contributed by atoms with Gasteiger partial charge in [-0.2, -0.15) is 0 Å². The third-order valence-corrected chi connectivity index (χ3v) is 5.23. The van der Waals surface area contributed by atoms with Gasteiger partial charge in [0.25, 0.3) is 0 Å².